The summed E-state index contributed by atoms with van der Waals surface area (Å²) in [6.45, 7) is 6.43. The predicted octanol–water partition coefficient (Wildman–Crippen LogP) is 14.8. The molecule has 0 aliphatic carbocycles. The standard InChI is InChI=1S/C49H86O6/c1-4-7-10-13-16-19-21-23-24-25-26-28-30-33-36-39-42-48(51)54-45-46(44-53-47(50)41-38-35-32-29-18-15-12-9-6-3)55-49(52)43-40-37-34-31-27-22-20-17-14-11-8-5-2/h9,12,17-18,20,24-25,29,46H,4-8,10-11,13-16,19,21-23,26-28,30-45H2,1-3H3/b12-9-,20-17-,25-24-,29-18-. The number of esters is 3. The van der Waals surface area contributed by atoms with Crippen LogP contribution in [0, 0.1) is 0 Å². The number of carbonyl (C=O) groups is 3. The summed E-state index contributed by atoms with van der Waals surface area (Å²) in [6.07, 6.45) is 51.0. The van der Waals surface area contributed by atoms with Crippen molar-refractivity contribution in [2.75, 3.05) is 13.2 Å². The van der Waals surface area contributed by atoms with Gasteiger partial charge in [0.25, 0.3) is 0 Å². The zero-order valence-corrected chi connectivity index (χ0v) is 36.2. The maximum Gasteiger partial charge on any atom is 0.306 e. The van der Waals surface area contributed by atoms with Crippen LogP contribution in [0.15, 0.2) is 48.6 Å². The van der Waals surface area contributed by atoms with Gasteiger partial charge in [-0.25, -0.2) is 0 Å². The number of hydrogen-bond donors (Lipinski definition) is 0. The van der Waals surface area contributed by atoms with Crippen molar-refractivity contribution in [2.45, 2.75) is 232 Å². The van der Waals surface area contributed by atoms with Crippen LogP contribution in [0.3, 0.4) is 0 Å². The molecule has 0 fully saturated rings. The molecule has 0 spiro atoms. The third-order valence-electron chi connectivity index (χ3n) is 9.79. The molecule has 0 aromatic heterocycles. The van der Waals surface area contributed by atoms with Gasteiger partial charge in [-0.2, -0.15) is 0 Å². The van der Waals surface area contributed by atoms with Crippen LogP contribution in [0.5, 0.6) is 0 Å². The van der Waals surface area contributed by atoms with Gasteiger partial charge >= 0.3 is 17.9 Å². The molecular weight excluding hydrogens is 685 g/mol. The van der Waals surface area contributed by atoms with E-state index in [9.17, 15) is 14.4 Å². The molecule has 0 saturated heterocycles. The first-order valence-electron chi connectivity index (χ1n) is 23.1. The summed E-state index contributed by atoms with van der Waals surface area (Å²) in [5, 5.41) is 0. The van der Waals surface area contributed by atoms with Crippen LogP contribution in [0.25, 0.3) is 0 Å². The molecule has 0 aromatic rings. The average molecular weight is 771 g/mol. The fourth-order valence-corrected chi connectivity index (χ4v) is 6.29. The van der Waals surface area contributed by atoms with Crippen molar-refractivity contribution >= 4 is 17.9 Å². The minimum atomic E-state index is -0.789. The Kier molecular flexibility index (Phi) is 42.0. The van der Waals surface area contributed by atoms with Crippen LogP contribution in [-0.2, 0) is 28.6 Å². The molecule has 55 heavy (non-hydrogen) atoms. The Balaban J connectivity index is 4.37. The van der Waals surface area contributed by atoms with E-state index >= 15 is 0 Å². The topological polar surface area (TPSA) is 78.9 Å². The zero-order chi connectivity index (χ0) is 40.1. The number of allylic oxidation sites excluding steroid dienone is 8. The molecule has 0 N–H and O–H groups in total. The lowest BCUT2D eigenvalue weighted by Gasteiger charge is -2.18. The number of hydrogen-bond acceptors (Lipinski definition) is 6. The van der Waals surface area contributed by atoms with Gasteiger partial charge in [-0.1, -0.05) is 159 Å². The van der Waals surface area contributed by atoms with E-state index in [1.165, 1.54) is 96.3 Å². The zero-order valence-electron chi connectivity index (χ0n) is 36.2. The lowest BCUT2D eigenvalue weighted by atomic mass is 10.1. The first-order chi connectivity index (χ1) is 27.0. The summed E-state index contributed by atoms with van der Waals surface area (Å²) in [5.41, 5.74) is 0. The predicted molar refractivity (Wildman–Crippen MR) is 233 cm³/mol. The fraction of sp³-hybridized carbons (Fsp3) is 0.776. The third kappa shape index (κ3) is 42.4. The van der Waals surface area contributed by atoms with E-state index in [4.69, 9.17) is 14.2 Å². The van der Waals surface area contributed by atoms with Crippen molar-refractivity contribution < 1.29 is 28.6 Å². The van der Waals surface area contributed by atoms with Crippen LogP contribution in [-0.4, -0.2) is 37.2 Å². The summed E-state index contributed by atoms with van der Waals surface area (Å²) in [4.78, 5) is 37.7. The molecule has 0 radical (unpaired) electrons. The fourth-order valence-electron chi connectivity index (χ4n) is 6.29. The van der Waals surface area contributed by atoms with Gasteiger partial charge in [-0.3, -0.25) is 14.4 Å². The van der Waals surface area contributed by atoms with E-state index in [1.807, 2.05) is 0 Å². The van der Waals surface area contributed by atoms with Crippen molar-refractivity contribution in [2.24, 2.45) is 0 Å². The number of unbranched alkanes of at least 4 members (excludes halogenated alkanes) is 22. The normalized spacial score (nSPS) is 12.4. The molecule has 318 valence electrons. The summed E-state index contributed by atoms with van der Waals surface area (Å²) in [5.74, 6) is -0.947. The molecule has 0 aliphatic rings. The van der Waals surface area contributed by atoms with Gasteiger partial charge in [0, 0.05) is 19.3 Å². The molecule has 6 nitrogen and oxygen atoms in total. The van der Waals surface area contributed by atoms with Crippen molar-refractivity contribution in [1.82, 2.24) is 0 Å². The Morgan fingerprint density at radius 1 is 0.382 bits per heavy atom. The molecule has 0 amide bonds. The third-order valence-corrected chi connectivity index (χ3v) is 9.79. The van der Waals surface area contributed by atoms with Gasteiger partial charge in [-0.15, -0.1) is 0 Å². The van der Waals surface area contributed by atoms with E-state index < -0.39 is 6.10 Å². The van der Waals surface area contributed by atoms with Crippen molar-refractivity contribution in [3.63, 3.8) is 0 Å². The Labute approximate surface area is 339 Å². The Morgan fingerprint density at radius 3 is 1.18 bits per heavy atom. The van der Waals surface area contributed by atoms with E-state index in [2.05, 4.69) is 69.4 Å². The second-order valence-corrected chi connectivity index (χ2v) is 15.3. The van der Waals surface area contributed by atoms with Gasteiger partial charge < -0.3 is 14.2 Å². The summed E-state index contributed by atoms with van der Waals surface area (Å²) < 4.78 is 16.6. The molecule has 6 heteroatoms. The van der Waals surface area contributed by atoms with E-state index in [0.29, 0.717) is 19.3 Å². The van der Waals surface area contributed by atoms with Gasteiger partial charge in [0.15, 0.2) is 6.10 Å². The SMILES string of the molecule is CC/C=C\C/C=C\CCCCC(=O)OCC(COC(=O)CCCCCCC/C=C\CCCCCCCCC)OC(=O)CCCCCCC/C=C\CCCCC. The molecule has 0 rings (SSSR count). The van der Waals surface area contributed by atoms with Gasteiger partial charge in [-0.05, 0) is 96.3 Å². The van der Waals surface area contributed by atoms with Crippen molar-refractivity contribution in [1.29, 1.82) is 0 Å². The minimum Gasteiger partial charge on any atom is -0.462 e. The molecular formula is C49H86O6. The van der Waals surface area contributed by atoms with Crippen LogP contribution in [0.1, 0.15) is 226 Å². The molecule has 1 unspecified atom stereocenters. The average Bonchev–Trinajstić information content (AvgIpc) is 3.18. The molecule has 0 bridgehead atoms. The Hall–Kier alpha value is -2.63. The molecule has 0 heterocycles. The number of rotatable bonds is 41. The summed E-state index contributed by atoms with van der Waals surface area (Å²) in [6, 6.07) is 0. The van der Waals surface area contributed by atoms with Gasteiger partial charge in [0.05, 0.1) is 0 Å². The molecule has 1 atom stereocenters. The van der Waals surface area contributed by atoms with Crippen LogP contribution < -0.4 is 0 Å². The van der Waals surface area contributed by atoms with E-state index in [0.717, 1.165) is 89.9 Å². The second-order valence-electron chi connectivity index (χ2n) is 15.3. The lowest BCUT2D eigenvalue weighted by molar-refractivity contribution is -0.167. The van der Waals surface area contributed by atoms with Crippen LogP contribution in [0.4, 0.5) is 0 Å². The molecule has 0 aromatic carbocycles. The highest BCUT2D eigenvalue weighted by Crippen LogP contribution is 2.13. The second kappa shape index (κ2) is 44.1. The Morgan fingerprint density at radius 2 is 0.709 bits per heavy atom. The monoisotopic (exact) mass is 771 g/mol. The van der Waals surface area contributed by atoms with Crippen LogP contribution in [0.2, 0.25) is 0 Å². The highest BCUT2D eigenvalue weighted by molar-refractivity contribution is 5.71. The quantitative estimate of drug-likeness (QED) is 0.0267. The highest BCUT2D eigenvalue weighted by Gasteiger charge is 2.19. The highest BCUT2D eigenvalue weighted by atomic mass is 16.6. The summed E-state index contributed by atoms with van der Waals surface area (Å²) >= 11 is 0. The molecule has 0 saturated carbocycles. The van der Waals surface area contributed by atoms with Crippen molar-refractivity contribution in [3.05, 3.63) is 48.6 Å². The van der Waals surface area contributed by atoms with E-state index in [1.54, 1.807) is 0 Å². The van der Waals surface area contributed by atoms with Gasteiger partial charge in [0.1, 0.15) is 13.2 Å². The summed E-state index contributed by atoms with van der Waals surface area (Å²) in [7, 11) is 0. The maximum atomic E-state index is 12.7. The smallest absolute Gasteiger partial charge is 0.306 e. The molecule has 0 aliphatic heterocycles. The van der Waals surface area contributed by atoms with Crippen molar-refractivity contribution in [3.8, 4) is 0 Å². The lowest BCUT2D eigenvalue weighted by Crippen LogP contribution is -2.30. The Bertz CT molecular complexity index is 980. The first-order valence-corrected chi connectivity index (χ1v) is 23.1. The van der Waals surface area contributed by atoms with Gasteiger partial charge in [0.2, 0.25) is 0 Å². The van der Waals surface area contributed by atoms with Crippen LogP contribution >= 0.6 is 0 Å². The number of ether oxygens (including phenoxy) is 3. The maximum absolute atomic E-state index is 12.7. The largest absolute Gasteiger partial charge is 0.462 e. The first kappa shape index (κ1) is 52.4. The minimum absolute atomic E-state index is 0.0910. The number of carbonyl (C=O) groups excluding carboxylic acids is 3. The van der Waals surface area contributed by atoms with E-state index in [-0.39, 0.29) is 31.1 Å².